The Kier molecular flexibility index (Phi) is 3.92. The summed E-state index contributed by atoms with van der Waals surface area (Å²) in [6.07, 6.45) is 1.73. The maximum Gasteiger partial charge on any atom is 0.352 e. The second-order valence-electron chi connectivity index (χ2n) is 4.93. The Morgan fingerprint density at radius 1 is 1.45 bits per heavy atom. The quantitative estimate of drug-likeness (QED) is 0.874. The number of aromatic carboxylic acids is 1. The molecule has 3 rings (SSSR count). The molecule has 1 N–H and O–H groups in total. The summed E-state index contributed by atoms with van der Waals surface area (Å²) in [5.41, 5.74) is 0.914. The zero-order valence-corrected chi connectivity index (χ0v) is 12.6. The van der Waals surface area contributed by atoms with Crippen molar-refractivity contribution in [2.45, 2.75) is 31.5 Å². The molecule has 118 valence electrons. The SMILES string of the molecule is Cc1c(SN2CCn3nccc3C2)cc(C(=O)O)n1C(F)F. The smallest absolute Gasteiger partial charge is 0.352 e. The van der Waals surface area contributed by atoms with Crippen LogP contribution in [0.3, 0.4) is 0 Å². The van der Waals surface area contributed by atoms with Crippen LogP contribution in [0.15, 0.2) is 23.2 Å². The van der Waals surface area contributed by atoms with Crippen molar-refractivity contribution in [3.63, 3.8) is 0 Å². The Morgan fingerprint density at radius 3 is 2.86 bits per heavy atom. The van der Waals surface area contributed by atoms with Crippen LogP contribution in [-0.2, 0) is 13.1 Å². The standard InChI is InChI=1S/C13H14F2N4O2S/c1-8-11(6-10(12(20)21)19(8)13(14)15)22-17-4-5-18-9(7-17)2-3-16-18/h2-3,6,13H,4-5,7H2,1H3,(H,20,21). The predicted molar refractivity (Wildman–Crippen MR) is 75.9 cm³/mol. The summed E-state index contributed by atoms with van der Waals surface area (Å²) in [5.74, 6) is -1.35. The van der Waals surface area contributed by atoms with Crippen LogP contribution in [-0.4, -0.2) is 36.3 Å². The van der Waals surface area contributed by atoms with Crippen LogP contribution in [0, 0.1) is 6.92 Å². The molecule has 3 heterocycles. The number of hydrogen-bond acceptors (Lipinski definition) is 4. The molecule has 0 atom stereocenters. The van der Waals surface area contributed by atoms with Gasteiger partial charge in [-0.15, -0.1) is 0 Å². The minimum Gasteiger partial charge on any atom is -0.477 e. The van der Waals surface area contributed by atoms with Crippen molar-refractivity contribution in [1.82, 2.24) is 18.7 Å². The number of fused-ring (bicyclic) bond motifs is 1. The van der Waals surface area contributed by atoms with E-state index in [1.807, 2.05) is 15.1 Å². The first-order valence-corrected chi connectivity index (χ1v) is 7.41. The highest BCUT2D eigenvalue weighted by molar-refractivity contribution is 7.97. The lowest BCUT2D eigenvalue weighted by atomic mass is 10.3. The molecule has 22 heavy (non-hydrogen) atoms. The molecule has 9 heteroatoms. The fraction of sp³-hybridized carbons (Fsp3) is 0.385. The first-order valence-electron chi connectivity index (χ1n) is 6.64. The van der Waals surface area contributed by atoms with Gasteiger partial charge in [0.15, 0.2) is 0 Å². The first kappa shape index (κ1) is 15.0. The van der Waals surface area contributed by atoms with Gasteiger partial charge in [0.2, 0.25) is 0 Å². The zero-order valence-electron chi connectivity index (χ0n) is 11.7. The Labute approximate surface area is 129 Å². The third-order valence-corrected chi connectivity index (χ3v) is 4.77. The Morgan fingerprint density at radius 2 is 2.23 bits per heavy atom. The Balaban J connectivity index is 1.84. The van der Waals surface area contributed by atoms with Crippen LogP contribution in [0.4, 0.5) is 8.78 Å². The van der Waals surface area contributed by atoms with Gasteiger partial charge in [-0.25, -0.2) is 9.10 Å². The number of rotatable bonds is 4. The number of carbonyl (C=O) groups is 1. The molecular weight excluding hydrogens is 314 g/mol. The third-order valence-electron chi connectivity index (χ3n) is 3.59. The highest BCUT2D eigenvalue weighted by Gasteiger charge is 2.25. The minimum absolute atomic E-state index is 0.261. The molecule has 0 radical (unpaired) electrons. The van der Waals surface area contributed by atoms with Gasteiger partial charge in [-0.1, -0.05) is 0 Å². The molecule has 0 bridgehead atoms. The van der Waals surface area contributed by atoms with Crippen LogP contribution in [0.2, 0.25) is 0 Å². The van der Waals surface area contributed by atoms with E-state index in [9.17, 15) is 13.6 Å². The molecule has 2 aromatic rings. The van der Waals surface area contributed by atoms with Crippen molar-refractivity contribution in [1.29, 1.82) is 0 Å². The van der Waals surface area contributed by atoms with Crippen molar-refractivity contribution in [3.05, 3.63) is 35.4 Å². The molecule has 0 aliphatic carbocycles. The van der Waals surface area contributed by atoms with E-state index in [0.717, 1.165) is 12.2 Å². The summed E-state index contributed by atoms with van der Waals surface area (Å²) in [7, 11) is 0. The molecule has 1 aliphatic heterocycles. The number of aromatic nitrogens is 3. The van der Waals surface area contributed by atoms with E-state index in [1.165, 1.54) is 24.9 Å². The highest BCUT2D eigenvalue weighted by atomic mass is 32.2. The second-order valence-corrected chi connectivity index (χ2v) is 6.07. The molecule has 0 saturated carbocycles. The molecule has 1 aliphatic rings. The Bertz CT molecular complexity index is 713. The van der Waals surface area contributed by atoms with Gasteiger partial charge >= 0.3 is 12.5 Å². The van der Waals surface area contributed by atoms with Crippen LogP contribution in [0.1, 0.15) is 28.4 Å². The lowest BCUT2D eigenvalue weighted by molar-refractivity contribution is 0.0515. The van der Waals surface area contributed by atoms with E-state index in [4.69, 9.17) is 5.11 Å². The van der Waals surface area contributed by atoms with Gasteiger partial charge in [0.1, 0.15) is 5.69 Å². The van der Waals surface area contributed by atoms with E-state index >= 15 is 0 Å². The van der Waals surface area contributed by atoms with Crippen molar-refractivity contribution in [2.75, 3.05) is 6.54 Å². The Hall–Kier alpha value is -1.87. The van der Waals surface area contributed by atoms with Gasteiger partial charge < -0.3 is 5.11 Å². The largest absolute Gasteiger partial charge is 0.477 e. The van der Waals surface area contributed by atoms with Crippen molar-refractivity contribution in [3.8, 4) is 0 Å². The topological polar surface area (TPSA) is 63.3 Å². The van der Waals surface area contributed by atoms with Crippen molar-refractivity contribution < 1.29 is 18.7 Å². The number of hydrogen-bond donors (Lipinski definition) is 1. The average molecular weight is 328 g/mol. The number of halogens is 2. The van der Waals surface area contributed by atoms with Crippen LogP contribution < -0.4 is 0 Å². The minimum atomic E-state index is -2.87. The molecule has 0 aromatic carbocycles. The summed E-state index contributed by atoms with van der Waals surface area (Å²) in [5, 5.41) is 13.3. The summed E-state index contributed by atoms with van der Waals surface area (Å²) in [4.78, 5) is 11.7. The fourth-order valence-corrected chi connectivity index (χ4v) is 3.53. The lowest BCUT2D eigenvalue weighted by Gasteiger charge is -2.26. The predicted octanol–water partition coefficient (Wildman–Crippen LogP) is 2.61. The van der Waals surface area contributed by atoms with Gasteiger partial charge in [-0.3, -0.25) is 9.25 Å². The average Bonchev–Trinajstić information content (AvgIpc) is 3.03. The highest BCUT2D eigenvalue weighted by Crippen LogP contribution is 2.33. The van der Waals surface area contributed by atoms with E-state index in [0.29, 0.717) is 22.6 Å². The summed E-state index contributed by atoms with van der Waals surface area (Å²) >= 11 is 1.30. The van der Waals surface area contributed by atoms with Crippen molar-refractivity contribution in [2.24, 2.45) is 0 Å². The number of alkyl halides is 2. The third kappa shape index (κ3) is 2.61. The fourth-order valence-electron chi connectivity index (χ4n) is 2.48. The maximum atomic E-state index is 13.1. The summed E-state index contributed by atoms with van der Waals surface area (Å²) < 4.78 is 30.6. The first-order chi connectivity index (χ1) is 10.5. The maximum absolute atomic E-state index is 13.1. The summed E-state index contributed by atoms with van der Waals surface area (Å²) in [6, 6.07) is 3.22. The number of carboxylic acids is 1. The normalized spacial score (nSPS) is 15.3. The van der Waals surface area contributed by atoms with Gasteiger partial charge in [0.25, 0.3) is 0 Å². The van der Waals surface area contributed by atoms with Gasteiger partial charge in [-0.2, -0.15) is 13.9 Å². The molecule has 0 saturated heterocycles. The number of carboxylic acid groups (broad SMARTS) is 1. The van der Waals surface area contributed by atoms with Gasteiger partial charge in [0, 0.05) is 23.3 Å². The van der Waals surface area contributed by atoms with Gasteiger partial charge in [-0.05, 0) is 31.0 Å². The van der Waals surface area contributed by atoms with E-state index in [1.54, 1.807) is 6.20 Å². The van der Waals surface area contributed by atoms with Gasteiger partial charge in [0.05, 0.1) is 18.8 Å². The molecule has 0 unspecified atom stereocenters. The monoisotopic (exact) mass is 328 g/mol. The zero-order chi connectivity index (χ0) is 15.9. The number of nitrogens with zero attached hydrogens (tertiary/aromatic N) is 4. The second kappa shape index (κ2) is 5.73. The molecule has 2 aromatic heterocycles. The van der Waals surface area contributed by atoms with E-state index < -0.39 is 18.2 Å². The van der Waals surface area contributed by atoms with Crippen molar-refractivity contribution >= 4 is 17.9 Å². The molecule has 0 amide bonds. The van der Waals surface area contributed by atoms with Crippen LogP contribution in [0.5, 0.6) is 0 Å². The van der Waals surface area contributed by atoms with E-state index in [-0.39, 0.29) is 5.69 Å². The van der Waals surface area contributed by atoms with Crippen LogP contribution >= 0.6 is 11.9 Å². The van der Waals surface area contributed by atoms with E-state index in [2.05, 4.69) is 5.10 Å². The molecule has 6 nitrogen and oxygen atoms in total. The van der Waals surface area contributed by atoms with Crippen LogP contribution in [0.25, 0.3) is 0 Å². The summed E-state index contributed by atoms with van der Waals surface area (Å²) in [6.45, 7) is 0.696. The lowest BCUT2D eigenvalue weighted by Crippen LogP contribution is -2.28. The molecular formula is C13H14F2N4O2S. The molecule has 0 spiro atoms. The molecule has 0 fully saturated rings.